The summed E-state index contributed by atoms with van der Waals surface area (Å²) < 4.78 is 5.41. The van der Waals surface area contributed by atoms with Gasteiger partial charge in [0, 0.05) is 36.9 Å². The molecule has 1 aliphatic rings. The fourth-order valence-electron chi connectivity index (χ4n) is 3.05. The van der Waals surface area contributed by atoms with Gasteiger partial charge in [-0.2, -0.15) is 0 Å². The van der Waals surface area contributed by atoms with E-state index in [2.05, 4.69) is 14.8 Å². The quantitative estimate of drug-likeness (QED) is 0.608. The topological polar surface area (TPSA) is 74.3 Å². The Morgan fingerprint density at radius 1 is 1.15 bits per heavy atom. The van der Waals surface area contributed by atoms with Crippen LogP contribution >= 0.6 is 11.6 Å². The zero-order valence-electron chi connectivity index (χ0n) is 15.4. The average molecular weight is 389 g/mol. The number of phenolic OH excluding ortho intramolecular Hbond substituents is 1. The fraction of sp³-hybridized carbons (Fsp3) is 0.350. The van der Waals surface area contributed by atoms with Crippen LogP contribution in [0.15, 0.2) is 47.5 Å². The van der Waals surface area contributed by atoms with Crippen molar-refractivity contribution < 1.29 is 9.84 Å². The number of aliphatic imine (C=N–C) groups is 1. The van der Waals surface area contributed by atoms with Crippen LogP contribution in [0, 0.1) is 0 Å². The number of benzene rings is 2. The molecule has 3 N–H and O–H groups in total. The van der Waals surface area contributed by atoms with E-state index in [-0.39, 0.29) is 5.75 Å². The average Bonchev–Trinajstić information content (AvgIpc) is 2.69. The van der Waals surface area contributed by atoms with Crippen LogP contribution in [0.1, 0.15) is 12.5 Å². The molecule has 27 heavy (non-hydrogen) atoms. The first kappa shape index (κ1) is 19.2. The first-order valence-corrected chi connectivity index (χ1v) is 9.44. The van der Waals surface area contributed by atoms with Crippen molar-refractivity contribution in [2.24, 2.45) is 10.7 Å². The maximum atomic E-state index is 9.78. The Kier molecular flexibility index (Phi) is 6.29. The van der Waals surface area contributed by atoms with Crippen LogP contribution in [-0.4, -0.2) is 48.8 Å². The molecule has 0 bridgehead atoms. The summed E-state index contributed by atoms with van der Waals surface area (Å²) in [5.41, 5.74) is 8.30. The largest absolute Gasteiger partial charge is 0.504 e. The van der Waals surface area contributed by atoms with Crippen molar-refractivity contribution in [1.82, 2.24) is 4.90 Å². The number of nitrogens with zero attached hydrogens (tertiary/aromatic N) is 3. The third-order valence-corrected chi connectivity index (χ3v) is 4.80. The van der Waals surface area contributed by atoms with Crippen LogP contribution in [-0.2, 0) is 6.54 Å². The van der Waals surface area contributed by atoms with Crippen molar-refractivity contribution in [2.45, 2.75) is 13.5 Å². The van der Waals surface area contributed by atoms with Crippen LogP contribution in [0.3, 0.4) is 0 Å². The zero-order chi connectivity index (χ0) is 19.2. The number of guanidine groups is 1. The summed E-state index contributed by atoms with van der Waals surface area (Å²) in [6.45, 7) is 6.22. The molecule has 144 valence electrons. The second-order valence-electron chi connectivity index (χ2n) is 6.36. The molecule has 1 saturated heterocycles. The maximum absolute atomic E-state index is 9.78. The lowest BCUT2D eigenvalue weighted by Crippen LogP contribution is -2.51. The van der Waals surface area contributed by atoms with Gasteiger partial charge < -0.3 is 25.4 Å². The van der Waals surface area contributed by atoms with E-state index in [4.69, 9.17) is 22.1 Å². The lowest BCUT2D eigenvalue weighted by molar-refractivity contribution is 0.318. The fourth-order valence-corrected chi connectivity index (χ4v) is 3.17. The summed E-state index contributed by atoms with van der Waals surface area (Å²) in [7, 11) is 0. The van der Waals surface area contributed by atoms with Crippen LogP contribution in [0.25, 0.3) is 0 Å². The first-order chi connectivity index (χ1) is 13.1. The molecule has 7 heteroatoms. The molecule has 0 saturated carbocycles. The minimum Gasteiger partial charge on any atom is -0.504 e. The van der Waals surface area contributed by atoms with Crippen molar-refractivity contribution in [3.63, 3.8) is 0 Å². The van der Waals surface area contributed by atoms with Gasteiger partial charge in [-0.15, -0.1) is 0 Å². The smallest absolute Gasteiger partial charge is 0.191 e. The highest BCUT2D eigenvalue weighted by molar-refractivity contribution is 6.30. The summed E-state index contributed by atoms with van der Waals surface area (Å²) in [5.74, 6) is 1.15. The Labute approximate surface area is 164 Å². The SMILES string of the molecule is CCOc1cc(CN=C(N)N2CCN(c3ccc(Cl)cc3)CC2)ccc1O. The van der Waals surface area contributed by atoms with E-state index in [9.17, 15) is 5.11 Å². The van der Waals surface area contributed by atoms with Gasteiger partial charge >= 0.3 is 0 Å². The van der Waals surface area contributed by atoms with Gasteiger partial charge in [0.15, 0.2) is 17.5 Å². The molecule has 0 amide bonds. The molecule has 0 atom stereocenters. The Bertz CT molecular complexity index is 787. The number of ether oxygens (including phenoxy) is 1. The lowest BCUT2D eigenvalue weighted by Gasteiger charge is -2.36. The predicted octanol–water partition coefficient (Wildman–Crippen LogP) is 3.08. The molecule has 0 radical (unpaired) electrons. The van der Waals surface area contributed by atoms with Crippen molar-refractivity contribution in [3.8, 4) is 11.5 Å². The molecule has 2 aromatic rings. The summed E-state index contributed by atoms with van der Waals surface area (Å²) in [6.07, 6.45) is 0. The minimum atomic E-state index is 0.135. The molecule has 3 rings (SSSR count). The highest BCUT2D eigenvalue weighted by Crippen LogP contribution is 2.27. The first-order valence-electron chi connectivity index (χ1n) is 9.07. The number of hydrogen-bond acceptors (Lipinski definition) is 4. The Morgan fingerprint density at radius 2 is 1.85 bits per heavy atom. The molecule has 0 aromatic heterocycles. The zero-order valence-corrected chi connectivity index (χ0v) is 16.2. The van der Waals surface area contributed by atoms with Crippen molar-refractivity contribution >= 4 is 23.2 Å². The van der Waals surface area contributed by atoms with Gasteiger partial charge in [-0.1, -0.05) is 17.7 Å². The lowest BCUT2D eigenvalue weighted by atomic mass is 10.2. The number of aromatic hydroxyl groups is 1. The number of hydrogen-bond donors (Lipinski definition) is 2. The van der Waals surface area contributed by atoms with E-state index in [1.807, 2.05) is 37.3 Å². The summed E-state index contributed by atoms with van der Waals surface area (Å²) >= 11 is 5.96. The summed E-state index contributed by atoms with van der Waals surface area (Å²) in [6, 6.07) is 13.1. The van der Waals surface area contributed by atoms with E-state index in [0.717, 1.165) is 36.8 Å². The van der Waals surface area contributed by atoms with Crippen LogP contribution in [0.4, 0.5) is 5.69 Å². The third kappa shape index (κ3) is 4.98. The molecule has 1 aliphatic heterocycles. The molecule has 2 aromatic carbocycles. The molecule has 0 unspecified atom stereocenters. The predicted molar refractivity (Wildman–Crippen MR) is 110 cm³/mol. The van der Waals surface area contributed by atoms with Crippen LogP contribution in [0.2, 0.25) is 5.02 Å². The van der Waals surface area contributed by atoms with E-state index in [1.165, 1.54) is 5.69 Å². The van der Waals surface area contributed by atoms with Gasteiger partial charge in [0.05, 0.1) is 13.2 Å². The van der Waals surface area contributed by atoms with Gasteiger partial charge in [0.2, 0.25) is 0 Å². The monoisotopic (exact) mass is 388 g/mol. The van der Waals surface area contributed by atoms with E-state index < -0.39 is 0 Å². The van der Waals surface area contributed by atoms with Crippen molar-refractivity contribution in [1.29, 1.82) is 0 Å². The minimum absolute atomic E-state index is 0.135. The molecule has 1 heterocycles. The molecular weight excluding hydrogens is 364 g/mol. The molecule has 1 fully saturated rings. The van der Waals surface area contributed by atoms with Crippen molar-refractivity contribution in [2.75, 3.05) is 37.7 Å². The Morgan fingerprint density at radius 3 is 2.52 bits per heavy atom. The number of halogens is 1. The highest BCUT2D eigenvalue weighted by atomic mass is 35.5. The maximum Gasteiger partial charge on any atom is 0.191 e. The molecule has 0 aliphatic carbocycles. The van der Waals surface area contributed by atoms with E-state index in [0.29, 0.717) is 24.9 Å². The molecule has 0 spiro atoms. The molecular formula is C20H25ClN4O2. The summed E-state index contributed by atoms with van der Waals surface area (Å²) in [5, 5.41) is 10.5. The number of rotatable bonds is 5. The van der Waals surface area contributed by atoms with Crippen LogP contribution in [0.5, 0.6) is 11.5 Å². The third-order valence-electron chi connectivity index (χ3n) is 4.54. The van der Waals surface area contributed by atoms with Gasteiger partial charge in [-0.25, -0.2) is 4.99 Å². The summed E-state index contributed by atoms with van der Waals surface area (Å²) in [4.78, 5) is 8.91. The number of anilines is 1. The van der Waals surface area contributed by atoms with E-state index in [1.54, 1.807) is 12.1 Å². The van der Waals surface area contributed by atoms with Gasteiger partial charge in [-0.05, 0) is 48.9 Å². The Balaban J connectivity index is 1.56. The number of nitrogens with two attached hydrogens (primary N) is 1. The van der Waals surface area contributed by atoms with E-state index >= 15 is 0 Å². The van der Waals surface area contributed by atoms with Gasteiger partial charge in [0.1, 0.15) is 0 Å². The second-order valence-corrected chi connectivity index (χ2v) is 6.80. The van der Waals surface area contributed by atoms with Crippen LogP contribution < -0.4 is 15.4 Å². The second kappa shape index (κ2) is 8.86. The van der Waals surface area contributed by atoms with Gasteiger partial charge in [-0.3, -0.25) is 0 Å². The normalized spacial score (nSPS) is 15.1. The number of phenols is 1. The Hall–Kier alpha value is -2.60. The highest BCUT2D eigenvalue weighted by Gasteiger charge is 2.18. The number of piperazine rings is 1. The molecule has 6 nitrogen and oxygen atoms in total. The van der Waals surface area contributed by atoms with Crippen molar-refractivity contribution in [3.05, 3.63) is 53.1 Å². The van der Waals surface area contributed by atoms with Gasteiger partial charge in [0.25, 0.3) is 0 Å². The standard InChI is InChI=1S/C20H25ClN4O2/c1-2-27-19-13-15(3-8-18(19)26)14-23-20(22)25-11-9-24(10-12-25)17-6-4-16(21)5-7-17/h3-8,13,26H,2,9-12,14H2,1H3,(H2,22,23).